The molecule has 1 unspecified atom stereocenters. The highest BCUT2D eigenvalue weighted by Gasteiger charge is 2.82. The minimum absolute atomic E-state index is 0.0666. The molecule has 0 saturated heterocycles. The van der Waals surface area contributed by atoms with Gasteiger partial charge >= 0.3 is 23.9 Å². The van der Waals surface area contributed by atoms with Crippen molar-refractivity contribution in [3.63, 3.8) is 0 Å². The summed E-state index contributed by atoms with van der Waals surface area (Å²) in [4.78, 5) is 0. The van der Waals surface area contributed by atoms with Gasteiger partial charge in [-0.15, -0.1) is 0 Å². The lowest BCUT2D eigenvalue weighted by atomic mass is 9.80. The molecule has 0 fully saturated rings. The van der Waals surface area contributed by atoms with Gasteiger partial charge in [0.1, 0.15) is 0 Å². The van der Waals surface area contributed by atoms with Crippen molar-refractivity contribution >= 4 is 0 Å². The molecule has 0 N–H and O–H groups in total. The van der Waals surface area contributed by atoms with Crippen LogP contribution in [-0.4, -0.2) is 18.3 Å². The normalized spacial score (nSPS) is 15.4. The van der Waals surface area contributed by atoms with Crippen LogP contribution < -0.4 is 0 Å². The summed E-state index contributed by atoms with van der Waals surface area (Å²) in [6, 6.07) is 6.98. The monoisotopic (exact) mass is 414 g/mol. The second-order valence-electron chi connectivity index (χ2n) is 6.60. The Labute approximate surface area is 155 Å². The number of benzene rings is 2. The topological polar surface area (TPSA) is 0 Å². The van der Waals surface area contributed by atoms with Crippen molar-refractivity contribution in [3.05, 3.63) is 58.7 Å². The largest absolute Gasteiger partial charge is 0.457 e. The standard InChI is InChI=1S/C19H15F9/c1-10-4-6-13(7-5-10)15-12(3)8-11(2)9-14(15)16(20,18(23,24)25)17(21,22)19(26,27)28/h4-9H,1-3H3. The van der Waals surface area contributed by atoms with E-state index in [1.807, 2.05) is 0 Å². The van der Waals surface area contributed by atoms with Crippen LogP contribution in [0, 0.1) is 20.8 Å². The highest BCUT2D eigenvalue weighted by molar-refractivity contribution is 5.73. The van der Waals surface area contributed by atoms with Crippen molar-refractivity contribution in [2.24, 2.45) is 0 Å². The van der Waals surface area contributed by atoms with E-state index in [2.05, 4.69) is 0 Å². The summed E-state index contributed by atoms with van der Waals surface area (Å²) >= 11 is 0. The van der Waals surface area contributed by atoms with Gasteiger partial charge in [0.15, 0.2) is 0 Å². The Morgan fingerprint density at radius 2 is 1.11 bits per heavy atom. The lowest BCUT2D eigenvalue weighted by Gasteiger charge is -2.37. The molecule has 0 radical (unpaired) electrons. The molecule has 2 aromatic rings. The van der Waals surface area contributed by atoms with Crippen molar-refractivity contribution in [1.29, 1.82) is 0 Å². The van der Waals surface area contributed by atoms with E-state index < -0.39 is 35.1 Å². The third-order valence-electron chi connectivity index (χ3n) is 4.37. The molecule has 154 valence electrons. The summed E-state index contributed by atoms with van der Waals surface area (Å²) in [6.07, 6.45) is -13.3. The van der Waals surface area contributed by atoms with E-state index in [0.29, 0.717) is 11.6 Å². The minimum Gasteiger partial charge on any atom is -0.221 e. The van der Waals surface area contributed by atoms with Gasteiger partial charge in [-0.2, -0.15) is 35.1 Å². The molecule has 0 aliphatic rings. The lowest BCUT2D eigenvalue weighted by molar-refractivity contribution is -0.389. The van der Waals surface area contributed by atoms with Gasteiger partial charge in [0.2, 0.25) is 0 Å². The van der Waals surface area contributed by atoms with Gasteiger partial charge in [-0.3, -0.25) is 0 Å². The zero-order valence-corrected chi connectivity index (χ0v) is 14.9. The highest BCUT2D eigenvalue weighted by Crippen LogP contribution is 2.60. The van der Waals surface area contributed by atoms with Gasteiger partial charge in [-0.25, -0.2) is 4.39 Å². The Kier molecular flexibility index (Phi) is 5.29. The first kappa shape index (κ1) is 22.1. The number of halogens is 9. The highest BCUT2D eigenvalue weighted by atomic mass is 19.4. The van der Waals surface area contributed by atoms with Crippen LogP contribution in [0.1, 0.15) is 22.3 Å². The molecule has 9 heteroatoms. The van der Waals surface area contributed by atoms with Crippen LogP contribution in [0.3, 0.4) is 0 Å². The van der Waals surface area contributed by atoms with E-state index in [0.717, 1.165) is 0 Å². The first-order valence-electron chi connectivity index (χ1n) is 7.93. The van der Waals surface area contributed by atoms with Crippen LogP contribution in [-0.2, 0) is 5.67 Å². The van der Waals surface area contributed by atoms with Crippen LogP contribution >= 0.6 is 0 Å². The average molecular weight is 414 g/mol. The molecule has 0 aromatic heterocycles. The van der Waals surface area contributed by atoms with Crippen LogP contribution in [0.15, 0.2) is 36.4 Å². The van der Waals surface area contributed by atoms with Gasteiger partial charge in [0.05, 0.1) is 0 Å². The van der Waals surface area contributed by atoms with Gasteiger partial charge in [0.25, 0.3) is 0 Å². The summed E-state index contributed by atoms with van der Waals surface area (Å²) in [6.45, 7) is 4.03. The molecule has 0 bridgehead atoms. The zero-order valence-electron chi connectivity index (χ0n) is 14.9. The van der Waals surface area contributed by atoms with Crippen molar-refractivity contribution in [3.8, 4) is 11.1 Å². The van der Waals surface area contributed by atoms with Gasteiger partial charge < -0.3 is 0 Å². The first-order chi connectivity index (χ1) is 12.5. The minimum atomic E-state index is -6.76. The fourth-order valence-electron chi connectivity index (χ4n) is 3.04. The fourth-order valence-corrected chi connectivity index (χ4v) is 3.04. The number of rotatable bonds is 3. The van der Waals surface area contributed by atoms with Crippen LogP contribution in [0.5, 0.6) is 0 Å². The van der Waals surface area contributed by atoms with Crippen molar-refractivity contribution in [2.75, 3.05) is 0 Å². The zero-order chi connectivity index (χ0) is 21.7. The number of hydrogen-bond donors (Lipinski definition) is 0. The number of alkyl halides is 9. The van der Waals surface area contributed by atoms with E-state index in [4.69, 9.17) is 0 Å². The maximum Gasteiger partial charge on any atom is 0.457 e. The Morgan fingerprint density at radius 3 is 1.54 bits per heavy atom. The molecule has 0 amide bonds. The van der Waals surface area contributed by atoms with Gasteiger partial charge in [0, 0.05) is 5.56 Å². The molecule has 1 atom stereocenters. The van der Waals surface area contributed by atoms with Crippen molar-refractivity contribution in [1.82, 2.24) is 0 Å². The predicted molar refractivity (Wildman–Crippen MR) is 85.9 cm³/mol. The van der Waals surface area contributed by atoms with Gasteiger partial charge in [-0.05, 0) is 37.5 Å². The Hall–Kier alpha value is -2.19. The third-order valence-corrected chi connectivity index (χ3v) is 4.37. The number of aryl methyl sites for hydroxylation is 3. The molecule has 0 nitrogen and oxygen atoms in total. The van der Waals surface area contributed by atoms with Crippen molar-refractivity contribution < 1.29 is 39.5 Å². The smallest absolute Gasteiger partial charge is 0.221 e. The molecule has 2 aromatic carbocycles. The van der Waals surface area contributed by atoms with E-state index in [-0.39, 0.29) is 16.7 Å². The summed E-state index contributed by atoms with van der Waals surface area (Å²) in [5.74, 6) is -6.71. The number of hydrogen-bond acceptors (Lipinski definition) is 0. The van der Waals surface area contributed by atoms with Gasteiger partial charge in [-0.1, -0.05) is 47.5 Å². The second-order valence-corrected chi connectivity index (χ2v) is 6.60. The Morgan fingerprint density at radius 1 is 0.607 bits per heavy atom. The lowest BCUT2D eigenvalue weighted by Crippen LogP contribution is -2.60. The molecular weight excluding hydrogens is 399 g/mol. The predicted octanol–water partition coefficient (Wildman–Crippen LogP) is 7.20. The van der Waals surface area contributed by atoms with E-state index in [9.17, 15) is 35.1 Å². The Bertz CT molecular complexity index is 861. The summed E-state index contributed by atoms with van der Waals surface area (Å²) in [5, 5.41) is 0. The first-order valence-corrected chi connectivity index (χ1v) is 7.93. The maximum atomic E-state index is 15.1. The van der Waals surface area contributed by atoms with E-state index in [1.54, 1.807) is 6.92 Å². The molecular formula is C19H15F9. The fraction of sp³-hybridized carbons (Fsp3) is 0.368. The molecule has 0 aliphatic heterocycles. The molecule has 0 heterocycles. The molecule has 0 aliphatic carbocycles. The maximum absolute atomic E-state index is 15.1. The van der Waals surface area contributed by atoms with Crippen LogP contribution in [0.25, 0.3) is 11.1 Å². The summed E-state index contributed by atoms with van der Waals surface area (Å²) < 4.78 is 122. The van der Waals surface area contributed by atoms with Crippen LogP contribution in [0.2, 0.25) is 0 Å². The second kappa shape index (κ2) is 6.70. The molecule has 0 spiro atoms. The Balaban J connectivity index is 2.98. The SMILES string of the molecule is Cc1ccc(-c2c(C)cc(C)cc2C(F)(C(F)(F)F)C(F)(F)C(F)(F)F)cc1. The quantitative estimate of drug-likeness (QED) is 0.466. The van der Waals surface area contributed by atoms with E-state index >= 15 is 4.39 Å². The van der Waals surface area contributed by atoms with E-state index in [1.165, 1.54) is 44.2 Å². The molecule has 28 heavy (non-hydrogen) atoms. The molecule has 0 saturated carbocycles. The summed E-state index contributed by atoms with van der Waals surface area (Å²) in [7, 11) is 0. The molecule has 2 rings (SSSR count). The summed E-state index contributed by atoms with van der Waals surface area (Å²) in [5.41, 5.74) is -8.01. The third kappa shape index (κ3) is 3.35. The average Bonchev–Trinajstić information content (AvgIpc) is 2.52. The van der Waals surface area contributed by atoms with Crippen molar-refractivity contribution in [2.45, 2.75) is 44.7 Å². The van der Waals surface area contributed by atoms with Crippen LogP contribution in [0.4, 0.5) is 39.5 Å².